The highest BCUT2D eigenvalue weighted by molar-refractivity contribution is 9.10. The molecule has 0 atom stereocenters. The molecule has 0 saturated carbocycles. The second-order valence-corrected chi connectivity index (χ2v) is 4.54. The van der Waals surface area contributed by atoms with Crippen LogP contribution in [0.1, 0.15) is 10.4 Å². The summed E-state index contributed by atoms with van der Waals surface area (Å²) in [5.41, 5.74) is 4.98. The maximum atomic E-state index is 13.3. The summed E-state index contributed by atoms with van der Waals surface area (Å²) >= 11 is 3.14. The van der Waals surface area contributed by atoms with Crippen LogP contribution in [-0.4, -0.2) is 5.91 Å². The Kier molecular flexibility index (Phi) is 4.11. The smallest absolute Gasteiger partial charge is 0.270 e. The third kappa shape index (κ3) is 3.29. The molecule has 3 nitrogen and oxygen atoms in total. The zero-order valence-electron chi connectivity index (χ0n) is 9.58. The molecular weight excluding hydrogens is 318 g/mol. The molecule has 0 unspecified atom stereocenters. The van der Waals surface area contributed by atoms with Crippen LogP contribution in [0.5, 0.6) is 0 Å². The number of nitrogens with one attached hydrogen (secondary N) is 2. The Bertz CT molecular complexity index is 619. The number of carbonyl (C=O) groups is 1. The van der Waals surface area contributed by atoms with Gasteiger partial charge < -0.3 is 0 Å². The Hall–Kier alpha value is -1.95. The van der Waals surface area contributed by atoms with Gasteiger partial charge in [-0.3, -0.25) is 15.6 Å². The fourth-order valence-electron chi connectivity index (χ4n) is 1.43. The lowest BCUT2D eigenvalue weighted by Gasteiger charge is -2.10. The molecule has 0 radical (unpaired) electrons. The van der Waals surface area contributed by atoms with Crippen molar-refractivity contribution in [3.63, 3.8) is 0 Å². The van der Waals surface area contributed by atoms with Gasteiger partial charge in [-0.25, -0.2) is 8.78 Å². The van der Waals surface area contributed by atoms with E-state index in [-0.39, 0.29) is 11.3 Å². The van der Waals surface area contributed by atoms with Gasteiger partial charge in [0.1, 0.15) is 11.6 Å². The Balaban J connectivity index is 2.10. The van der Waals surface area contributed by atoms with Crippen LogP contribution in [0.25, 0.3) is 0 Å². The Morgan fingerprint density at radius 2 is 1.84 bits per heavy atom. The monoisotopic (exact) mass is 326 g/mol. The number of hydrazine groups is 1. The largest absolute Gasteiger partial charge is 0.295 e. The second-order valence-electron chi connectivity index (χ2n) is 3.68. The van der Waals surface area contributed by atoms with Gasteiger partial charge in [0.05, 0.1) is 11.3 Å². The normalized spacial score (nSPS) is 10.1. The van der Waals surface area contributed by atoms with Crippen molar-refractivity contribution < 1.29 is 13.6 Å². The van der Waals surface area contributed by atoms with E-state index in [4.69, 9.17) is 0 Å². The molecular formula is C13H9BrF2N2O. The number of hydrogen-bond acceptors (Lipinski definition) is 2. The molecule has 0 aromatic heterocycles. The van der Waals surface area contributed by atoms with Gasteiger partial charge in [-0.05, 0) is 46.3 Å². The third-order valence-corrected chi connectivity index (χ3v) is 3.05. The predicted octanol–water partition coefficient (Wildman–Crippen LogP) is 3.48. The van der Waals surface area contributed by atoms with Crippen molar-refractivity contribution in [3.8, 4) is 0 Å². The van der Waals surface area contributed by atoms with Crippen molar-refractivity contribution in [3.05, 3.63) is 64.1 Å². The van der Waals surface area contributed by atoms with Crippen LogP contribution < -0.4 is 10.9 Å². The Morgan fingerprint density at radius 3 is 2.58 bits per heavy atom. The molecule has 98 valence electrons. The minimum Gasteiger partial charge on any atom is -0.295 e. The van der Waals surface area contributed by atoms with E-state index in [1.165, 1.54) is 30.3 Å². The lowest BCUT2D eigenvalue weighted by atomic mass is 10.2. The topological polar surface area (TPSA) is 41.1 Å². The lowest BCUT2D eigenvalue weighted by Crippen LogP contribution is -2.30. The molecule has 19 heavy (non-hydrogen) atoms. The van der Waals surface area contributed by atoms with Gasteiger partial charge in [0.15, 0.2) is 0 Å². The molecule has 0 aliphatic rings. The highest BCUT2D eigenvalue weighted by Gasteiger charge is 2.11. The Morgan fingerprint density at radius 1 is 1.11 bits per heavy atom. The van der Waals surface area contributed by atoms with Crippen LogP contribution >= 0.6 is 15.9 Å². The molecule has 2 N–H and O–H groups in total. The summed E-state index contributed by atoms with van der Waals surface area (Å²) in [7, 11) is 0. The van der Waals surface area contributed by atoms with E-state index in [0.717, 1.165) is 6.07 Å². The molecule has 2 aromatic carbocycles. The zero-order chi connectivity index (χ0) is 13.8. The van der Waals surface area contributed by atoms with E-state index in [0.29, 0.717) is 4.47 Å². The van der Waals surface area contributed by atoms with Crippen molar-refractivity contribution in [2.24, 2.45) is 0 Å². The van der Waals surface area contributed by atoms with Crippen molar-refractivity contribution in [1.82, 2.24) is 5.43 Å². The minimum atomic E-state index is -0.574. The highest BCUT2D eigenvalue weighted by atomic mass is 79.9. The fraction of sp³-hybridized carbons (Fsp3) is 0. The summed E-state index contributed by atoms with van der Waals surface area (Å²) in [5, 5.41) is 0. The molecule has 0 bridgehead atoms. The van der Waals surface area contributed by atoms with E-state index in [2.05, 4.69) is 26.8 Å². The molecule has 0 saturated heterocycles. The van der Waals surface area contributed by atoms with E-state index in [9.17, 15) is 13.6 Å². The summed E-state index contributed by atoms with van der Waals surface area (Å²) in [6.45, 7) is 0. The van der Waals surface area contributed by atoms with Crippen LogP contribution in [0, 0.1) is 11.6 Å². The molecule has 6 heteroatoms. The predicted molar refractivity (Wildman–Crippen MR) is 71.6 cm³/mol. The second kappa shape index (κ2) is 5.79. The van der Waals surface area contributed by atoms with Gasteiger partial charge in [-0.15, -0.1) is 0 Å². The molecule has 0 fully saturated rings. The molecule has 2 rings (SSSR count). The molecule has 1 amide bonds. The molecule has 0 aliphatic carbocycles. The van der Waals surface area contributed by atoms with Gasteiger partial charge in [0.25, 0.3) is 5.91 Å². The molecule has 0 heterocycles. The number of benzene rings is 2. The van der Waals surface area contributed by atoms with Crippen molar-refractivity contribution in [1.29, 1.82) is 0 Å². The summed E-state index contributed by atoms with van der Waals surface area (Å²) in [5.74, 6) is -1.60. The van der Waals surface area contributed by atoms with E-state index < -0.39 is 17.5 Å². The number of amides is 1. The number of hydrogen-bond donors (Lipinski definition) is 2. The van der Waals surface area contributed by atoms with Crippen LogP contribution in [0.15, 0.2) is 46.9 Å². The number of anilines is 1. The van der Waals surface area contributed by atoms with E-state index >= 15 is 0 Å². The highest BCUT2D eigenvalue weighted by Crippen LogP contribution is 2.18. The number of rotatable bonds is 3. The van der Waals surface area contributed by atoms with E-state index in [1.807, 2.05) is 0 Å². The fourth-order valence-corrected chi connectivity index (χ4v) is 1.85. The van der Waals surface area contributed by atoms with E-state index in [1.54, 1.807) is 6.07 Å². The van der Waals surface area contributed by atoms with Crippen LogP contribution in [0.3, 0.4) is 0 Å². The quantitative estimate of drug-likeness (QED) is 0.848. The van der Waals surface area contributed by atoms with Gasteiger partial charge >= 0.3 is 0 Å². The average molecular weight is 327 g/mol. The summed E-state index contributed by atoms with van der Waals surface area (Å²) < 4.78 is 26.8. The first-order chi connectivity index (χ1) is 9.08. The van der Waals surface area contributed by atoms with Crippen molar-refractivity contribution in [2.75, 3.05) is 5.43 Å². The maximum Gasteiger partial charge on any atom is 0.270 e. The molecule has 0 aliphatic heterocycles. The van der Waals surface area contributed by atoms with Crippen LogP contribution in [-0.2, 0) is 0 Å². The first-order valence-corrected chi connectivity index (χ1v) is 6.13. The lowest BCUT2D eigenvalue weighted by molar-refractivity contribution is 0.0961. The maximum absolute atomic E-state index is 13.3. The average Bonchev–Trinajstić information content (AvgIpc) is 2.40. The van der Waals surface area contributed by atoms with Crippen LogP contribution in [0.4, 0.5) is 14.5 Å². The van der Waals surface area contributed by atoms with Crippen LogP contribution in [0.2, 0.25) is 0 Å². The zero-order valence-corrected chi connectivity index (χ0v) is 11.2. The standard InChI is InChI=1S/C13H9BrF2N2O/c14-10-6-5-8(15)7-9(10)13(19)18-17-12-4-2-1-3-11(12)16/h1-7,17H,(H,18,19). The van der Waals surface area contributed by atoms with Gasteiger partial charge in [-0.2, -0.15) is 0 Å². The van der Waals surface area contributed by atoms with Gasteiger partial charge in [0.2, 0.25) is 0 Å². The first kappa shape index (κ1) is 13.5. The van der Waals surface area contributed by atoms with Gasteiger partial charge in [0, 0.05) is 4.47 Å². The number of carbonyl (C=O) groups excluding carboxylic acids is 1. The minimum absolute atomic E-state index is 0.115. The SMILES string of the molecule is O=C(NNc1ccccc1F)c1cc(F)ccc1Br. The summed E-state index contributed by atoms with van der Waals surface area (Å²) in [4.78, 5) is 11.8. The number of para-hydroxylation sites is 1. The van der Waals surface area contributed by atoms with Gasteiger partial charge in [-0.1, -0.05) is 12.1 Å². The third-order valence-electron chi connectivity index (χ3n) is 2.36. The summed E-state index contributed by atoms with van der Waals surface area (Å²) in [6.07, 6.45) is 0. The molecule has 0 spiro atoms. The molecule has 2 aromatic rings. The van der Waals surface area contributed by atoms with Crippen molar-refractivity contribution in [2.45, 2.75) is 0 Å². The first-order valence-electron chi connectivity index (χ1n) is 5.34. The summed E-state index contributed by atoms with van der Waals surface area (Å²) in [6, 6.07) is 9.62. The van der Waals surface area contributed by atoms with Crippen molar-refractivity contribution >= 4 is 27.5 Å². The Labute approximate surface area is 116 Å². The number of halogens is 3.